The van der Waals surface area contributed by atoms with Crippen molar-refractivity contribution in [2.45, 2.75) is 38.1 Å². The predicted molar refractivity (Wildman–Crippen MR) is 86.4 cm³/mol. The van der Waals surface area contributed by atoms with Crippen LogP contribution in [0.4, 0.5) is 5.69 Å². The minimum atomic E-state index is -0.817. The van der Waals surface area contributed by atoms with E-state index >= 15 is 0 Å². The Labute approximate surface area is 128 Å². The van der Waals surface area contributed by atoms with Crippen LogP contribution in [-0.4, -0.2) is 16.6 Å². The molecule has 1 atom stereocenters. The highest BCUT2D eigenvalue weighted by Crippen LogP contribution is 2.36. The van der Waals surface area contributed by atoms with Gasteiger partial charge < -0.3 is 10.4 Å². The largest absolute Gasteiger partial charge is 0.477 e. The van der Waals surface area contributed by atoms with E-state index < -0.39 is 5.97 Å². The van der Waals surface area contributed by atoms with Crippen LogP contribution in [0.3, 0.4) is 0 Å². The number of anilines is 1. The molecule has 2 N–H and O–H groups in total. The molecule has 0 radical (unpaired) electrons. The summed E-state index contributed by atoms with van der Waals surface area (Å²) >= 11 is 1.31. The number of aryl methyl sites for hydroxylation is 1. The van der Waals surface area contributed by atoms with Gasteiger partial charge in [0.1, 0.15) is 4.88 Å². The van der Waals surface area contributed by atoms with Crippen LogP contribution in [0, 0.1) is 0 Å². The van der Waals surface area contributed by atoms with Crippen LogP contribution in [0.15, 0.2) is 35.7 Å². The van der Waals surface area contributed by atoms with E-state index in [1.165, 1.54) is 22.6 Å². The molecular formula is C17H19NO2S. The molecular weight excluding hydrogens is 282 g/mol. The highest BCUT2D eigenvalue weighted by Gasteiger charge is 2.33. The number of fused-ring (bicyclic) bond motifs is 1. The summed E-state index contributed by atoms with van der Waals surface area (Å²) in [5.74, 6) is -0.817. The number of nitrogens with one attached hydrogen (secondary N) is 1. The van der Waals surface area contributed by atoms with Gasteiger partial charge in [-0.1, -0.05) is 25.1 Å². The Morgan fingerprint density at radius 2 is 2.19 bits per heavy atom. The van der Waals surface area contributed by atoms with Crippen molar-refractivity contribution in [2.75, 3.05) is 5.32 Å². The zero-order valence-electron chi connectivity index (χ0n) is 12.1. The van der Waals surface area contributed by atoms with Crippen LogP contribution in [0.1, 0.15) is 40.6 Å². The van der Waals surface area contributed by atoms with Gasteiger partial charge in [0, 0.05) is 11.2 Å². The van der Waals surface area contributed by atoms with E-state index in [0.717, 1.165) is 31.2 Å². The second-order valence-electron chi connectivity index (χ2n) is 5.67. The highest BCUT2D eigenvalue weighted by molar-refractivity contribution is 7.12. The number of carbonyl (C=O) groups is 1. The summed E-state index contributed by atoms with van der Waals surface area (Å²) in [5.41, 5.74) is 3.45. The summed E-state index contributed by atoms with van der Waals surface area (Å²) in [6, 6.07) is 10.3. The molecule has 3 nitrogen and oxygen atoms in total. The number of rotatable bonds is 4. The number of carboxylic acids is 1. The van der Waals surface area contributed by atoms with E-state index in [1.807, 2.05) is 17.5 Å². The van der Waals surface area contributed by atoms with Gasteiger partial charge in [-0.2, -0.15) is 0 Å². The van der Waals surface area contributed by atoms with Gasteiger partial charge in [0.25, 0.3) is 0 Å². The molecule has 2 heterocycles. The van der Waals surface area contributed by atoms with Crippen molar-refractivity contribution in [1.82, 2.24) is 0 Å². The van der Waals surface area contributed by atoms with Crippen molar-refractivity contribution in [3.63, 3.8) is 0 Å². The lowest BCUT2D eigenvalue weighted by atomic mass is 9.79. The molecule has 1 aromatic carbocycles. The van der Waals surface area contributed by atoms with Gasteiger partial charge in [0.15, 0.2) is 0 Å². The fourth-order valence-corrected chi connectivity index (χ4v) is 3.89. The van der Waals surface area contributed by atoms with Crippen LogP contribution in [-0.2, 0) is 12.8 Å². The van der Waals surface area contributed by atoms with E-state index in [4.69, 9.17) is 0 Å². The number of benzene rings is 1. The van der Waals surface area contributed by atoms with Gasteiger partial charge in [-0.3, -0.25) is 0 Å². The average Bonchev–Trinajstić information content (AvgIpc) is 2.95. The van der Waals surface area contributed by atoms with Crippen molar-refractivity contribution < 1.29 is 9.90 Å². The molecule has 0 bridgehead atoms. The van der Waals surface area contributed by atoms with Crippen molar-refractivity contribution in [1.29, 1.82) is 0 Å². The lowest BCUT2D eigenvalue weighted by Gasteiger charge is -2.39. The van der Waals surface area contributed by atoms with E-state index in [9.17, 15) is 9.90 Å². The van der Waals surface area contributed by atoms with E-state index in [2.05, 4.69) is 30.4 Å². The van der Waals surface area contributed by atoms with E-state index in [-0.39, 0.29) is 5.54 Å². The maximum atomic E-state index is 11.3. The van der Waals surface area contributed by atoms with Crippen LogP contribution in [0.25, 0.3) is 0 Å². The zero-order valence-corrected chi connectivity index (χ0v) is 12.9. The predicted octanol–water partition coefficient (Wildman–Crippen LogP) is 4.20. The van der Waals surface area contributed by atoms with Crippen LogP contribution in [0.5, 0.6) is 0 Å². The van der Waals surface area contributed by atoms with E-state index in [1.54, 1.807) is 0 Å². The summed E-state index contributed by atoms with van der Waals surface area (Å²) < 4.78 is 0. The fourth-order valence-electron chi connectivity index (χ4n) is 3.13. The van der Waals surface area contributed by atoms with Crippen molar-refractivity contribution in [3.8, 4) is 0 Å². The molecule has 21 heavy (non-hydrogen) atoms. The summed E-state index contributed by atoms with van der Waals surface area (Å²) in [6.45, 7) is 2.17. The summed E-state index contributed by atoms with van der Waals surface area (Å²) in [4.78, 5) is 11.8. The maximum absolute atomic E-state index is 11.3. The fraction of sp³-hybridized carbons (Fsp3) is 0.353. The molecule has 0 saturated carbocycles. The van der Waals surface area contributed by atoms with Gasteiger partial charge in [-0.25, -0.2) is 4.79 Å². The number of aromatic carboxylic acids is 1. The third-order valence-corrected chi connectivity index (χ3v) is 5.38. The second-order valence-corrected chi connectivity index (χ2v) is 6.59. The number of para-hydroxylation sites is 1. The van der Waals surface area contributed by atoms with Crippen LogP contribution >= 0.6 is 11.3 Å². The van der Waals surface area contributed by atoms with Crippen molar-refractivity contribution in [3.05, 3.63) is 51.7 Å². The molecule has 3 rings (SSSR count). The summed E-state index contributed by atoms with van der Waals surface area (Å²) in [5, 5.41) is 14.8. The number of carboxylic acid groups (broad SMARTS) is 1. The second kappa shape index (κ2) is 5.53. The molecule has 0 saturated heterocycles. The Kier molecular flexibility index (Phi) is 3.72. The monoisotopic (exact) mass is 301 g/mol. The molecule has 1 aromatic heterocycles. The normalized spacial score (nSPS) is 20.6. The maximum Gasteiger partial charge on any atom is 0.346 e. The van der Waals surface area contributed by atoms with Gasteiger partial charge in [0.05, 0.1) is 0 Å². The standard InChI is InChI=1S/C17H19NO2S/c1-2-17(11-13-8-10-21-15(13)16(19)20)9-7-12-5-3-4-6-14(12)18-17/h3-6,8,10,18H,2,7,9,11H2,1H3,(H,19,20). The topological polar surface area (TPSA) is 49.3 Å². The van der Waals surface area contributed by atoms with Gasteiger partial charge >= 0.3 is 5.97 Å². The molecule has 1 aliphatic rings. The summed E-state index contributed by atoms with van der Waals surface area (Å²) in [7, 11) is 0. The third kappa shape index (κ3) is 2.68. The Morgan fingerprint density at radius 1 is 1.38 bits per heavy atom. The van der Waals surface area contributed by atoms with Crippen molar-refractivity contribution >= 4 is 23.0 Å². The summed E-state index contributed by atoms with van der Waals surface area (Å²) in [6.07, 6.45) is 3.83. The number of hydrogen-bond acceptors (Lipinski definition) is 3. The first-order chi connectivity index (χ1) is 10.1. The molecule has 2 aromatic rings. The zero-order chi connectivity index (χ0) is 14.9. The molecule has 110 valence electrons. The molecule has 1 aliphatic heterocycles. The number of hydrogen-bond donors (Lipinski definition) is 2. The molecule has 0 aliphatic carbocycles. The molecule has 4 heteroatoms. The molecule has 0 spiro atoms. The lowest BCUT2D eigenvalue weighted by Crippen LogP contribution is -2.43. The molecule has 0 amide bonds. The molecule has 1 unspecified atom stereocenters. The minimum absolute atomic E-state index is 0.0420. The van der Waals surface area contributed by atoms with Gasteiger partial charge in [-0.15, -0.1) is 11.3 Å². The van der Waals surface area contributed by atoms with E-state index in [0.29, 0.717) is 4.88 Å². The Hall–Kier alpha value is -1.81. The quantitative estimate of drug-likeness (QED) is 0.890. The highest BCUT2D eigenvalue weighted by atomic mass is 32.1. The Balaban J connectivity index is 1.89. The first kappa shape index (κ1) is 14.1. The Morgan fingerprint density at radius 3 is 2.95 bits per heavy atom. The average molecular weight is 301 g/mol. The lowest BCUT2D eigenvalue weighted by molar-refractivity contribution is 0.0701. The van der Waals surface area contributed by atoms with Gasteiger partial charge in [0.2, 0.25) is 0 Å². The molecule has 0 fully saturated rings. The Bertz CT molecular complexity index is 664. The first-order valence-corrected chi connectivity index (χ1v) is 8.17. The van der Waals surface area contributed by atoms with Crippen molar-refractivity contribution in [2.24, 2.45) is 0 Å². The minimum Gasteiger partial charge on any atom is -0.477 e. The third-order valence-electron chi connectivity index (χ3n) is 4.44. The number of thiophene rings is 1. The first-order valence-electron chi connectivity index (χ1n) is 7.29. The smallest absolute Gasteiger partial charge is 0.346 e. The van der Waals surface area contributed by atoms with Crippen LogP contribution in [0.2, 0.25) is 0 Å². The van der Waals surface area contributed by atoms with Gasteiger partial charge in [-0.05, 0) is 54.3 Å². The van der Waals surface area contributed by atoms with Crippen LogP contribution < -0.4 is 5.32 Å². The SMILES string of the molecule is CCC1(Cc2ccsc2C(=O)O)CCc2ccccc2N1.